The van der Waals surface area contributed by atoms with Gasteiger partial charge in [-0.05, 0) is 48.1 Å². The summed E-state index contributed by atoms with van der Waals surface area (Å²) >= 11 is 0. The number of benzene rings is 1. The molecule has 1 aromatic heterocycles. The van der Waals surface area contributed by atoms with Crippen molar-refractivity contribution in [1.29, 1.82) is 0 Å². The molecular formula is C22H29N3O2S. The van der Waals surface area contributed by atoms with Crippen molar-refractivity contribution in [1.82, 2.24) is 14.2 Å². The van der Waals surface area contributed by atoms with E-state index in [2.05, 4.69) is 16.0 Å². The van der Waals surface area contributed by atoms with Crippen LogP contribution in [0, 0.1) is 0 Å². The van der Waals surface area contributed by atoms with Gasteiger partial charge in [0.2, 0.25) is 10.0 Å². The summed E-state index contributed by atoms with van der Waals surface area (Å²) < 4.78 is 27.7. The number of sulfonamides is 1. The van der Waals surface area contributed by atoms with Gasteiger partial charge >= 0.3 is 0 Å². The molecule has 2 aromatic rings. The van der Waals surface area contributed by atoms with Gasteiger partial charge < -0.3 is 0 Å². The zero-order chi connectivity index (χ0) is 19.4. The lowest BCUT2D eigenvalue weighted by atomic mass is 9.84. The summed E-state index contributed by atoms with van der Waals surface area (Å²) in [5, 5.41) is 0. The van der Waals surface area contributed by atoms with E-state index in [1.165, 1.54) is 37.7 Å². The standard InChI is InChI=1S/C22H29N3O2S/c26-28(27,22-10-8-21(9-11-22)20-6-2-1-3-7-20)25-15-13-24(14-16-25)18-19-5-4-12-23-17-19/h4-5,8-12,17,20H,1-3,6-7,13-16,18H2. The van der Waals surface area contributed by atoms with E-state index in [1.807, 2.05) is 24.4 Å². The highest BCUT2D eigenvalue weighted by Crippen LogP contribution is 2.33. The van der Waals surface area contributed by atoms with Crippen LogP contribution in [-0.2, 0) is 16.6 Å². The largest absolute Gasteiger partial charge is 0.296 e. The third-order valence-electron chi connectivity index (χ3n) is 6.05. The molecule has 2 aliphatic rings. The van der Waals surface area contributed by atoms with Crippen LogP contribution in [0.3, 0.4) is 0 Å². The summed E-state index contributed by atoms with van der Waals surface area (Å²) in [5.41, 5.74) is 2.46. The number of nitrogens with zero attached hydrogens (tertiary/aromatic N) is 3. The van der Waals surface area contributed by atoms with Gasteiger partial charge in [0, 0.05) is 45.1 Å². The van der Waals surface area contributed by atoms with E-state index >= 15 is 0 Å². The van der Waals surface area contributed by atoms with Gasteiger partial charge in [0.05, 0.1) is 4.90 Å². The van der Waals surface area contributed by atoms with Crippen LogP contribution in [0.25, 0.3) is 0 Å². The van der Waals surface area contributed by atoms with Crippen molar-refractivity contribution < 1.29 is 8.42 Å². The Hall–Kier alpha value is -1.76. The molecule has 6 heteroatoms. The van der Waals surface area contributed by atoms with Gasteiger partial charge in [-0.15, -0.1) is 0 Å². The monoisotopic (exact) mass is 399 g/mol. The van der Waals surface area contributed by atoms with E-state index in [1.54, 1.807) is 22.6 Å². The molecule has 1 saturated heterocycles. The van der Waals surface area contributed by atoms with Gasteiger partial charge in [0.25, 0.3) is 0 Å². The molecule has 4 rings (SSSR count). The van der Waals surface area contributed by atoms with Crippen molar-refractivity contribution in [3.8, 4) is 0 Å². The minimum atomic E-state index is -3.41. The maximum absolute atomic E-state index is 13.0. The van der Waals surface area contributed by atoms with E-state index < -0.39 is 10.0 Å². The molecule has 2 heterocycles. The number of aromatic nitrogens is 1. The number of rotatable bonds is 5. The van der Waals surface area contributed by atoms with E-state index in [4.69, 9.17) is 0 Å². The highest BCUT2D eigenvalue weighted by Gasteiger charge is 2.28. The second-order valence-electron chi connectivity index (χ2n) is 7.95. The first kappa shape index (κ1) is 19.6. The fourth-order valence-corrected chi connectivity index (χ4v) is 5.80. The van der Waals surface area contributed by atoms with Crippen molar-refractivity contribution >= 4 is 10.0 Å². The van der Waals surface area contributed by atoms with Gasteiger partial charge in [-0.25, -0.2) is 8.42 Å². The van der Waals surface area contributed by atoms with Crippen LogP contribution in [0.4, 0.5) is 0 Å². The highest BCUT2D eigenvalue weighted by atomic mass is 32.2. The van der Waals surface area contributed by atoms with Gasteiger partial charge in [-0.3, -0.25) is 9.88 Å². The Bertz CT molecular complexity index is 854. The maximum atomic E-state index is 13.0. The summed E-state index contributed by atoms with van der Waals surface area (Å²) in [7, 11) is -3.41. The molecular weight excluding hydrogens is 370 g/mol. The second kappa shape index (κ2) is 8.72. The predicted octanol–water partition coefficient (Wildman–Crippen LogP) is 3.64. The van der Waals surface area contributed by atoms with Crippen LogP contribution in [0.15, 0.2) is 53.7 Å². The zero-order valence-electron chi connectivity index (χ0n) is 16.3. The quantitative estimate of drug-likeness (QED) is 0.770. The molecule has 1 saturated carbocycles. The van der Waals surface area contributed by atoms with Crippen LogP contribution >= 0.6 is 0 Å². The second-order valence-corrected chi connectivity index (χ2v) is 9.88. The molecule has 0 unspecified atom stereocenters. The van der Waals surface area contributed by atoms with E-state index in [9.17, 15) is 8.42 Å². The first-order valence-corrected chi connectivity index (χ1v) is 11.8. The van der Waals surface area contributed by atoms with Crippen LogP contribution in [0.5, 0.6) is 0 Å². The third kappa shape index (κ3) is 4.45. The number of piperazine rings is 1. The number of pyridine rings is 1. The molecule has 28 heavy (non-hydrogen) atoms. The molecule has 0 radical (unpaired) electrons. The Labute approximate surface area is 168 Å². The molecule has 0 atom stereocenters. The van der Waals surface area contributed by atoms with Crippen LogP contribution < -0.4 is 0 Å². The van der Waals surface area contributed by atoms with Crippen molar-refractivity contribution in [2.75, 3.05) is 26.2 Å². The summed E-state index contributed by atoms with van der Waals surface area (Å²) in [6.07, 6.45) is 10.00. The smallest absolute Gasteiger partial charge is 0.243 e. The molecule has 1 aromatic carbocycles. The normalized spacial score (nSPS) is 20.3. The highest BCUT2D eigenvalue weighted by molar-refractivity contribution is 7.89. The average molecular weight is 400 g/mol. The Kier molecular flexibility index (Phi) is 6.09. The third-order valence-corrected chi connectivity index (χ3v) is 7.97. The van der Waals surface area contributed by atoms with Gasteiger partial charge in [-0.2, -0.15) is 4.31 Å². The molecule has 5 nitrogen and oxygen atoms in total. The molecule has 1 aliphatic carbocycles. The minimum absolute atomic E-state index is 0.424. The summed E-state index contributed by atoms with van der Waals surface area (Å²) in [4.78, 5) is 6.86. The average Bonchev–Trinajstić information content (AvgIpc) is 2.76. The topological polar surface area (TPSA) is 53.5 Å². The Balaban J connectivity index is 1.37. The number of hydrogen-bond acceptors (Lipinski definition) is 4. The van der Waals surface area contributed by atoms with Crippen molar-refractivity contribution in [2.45, 2.75) is 49.5 Å². The first-order valence-electron chi connectivity index (χ1n) is 10.3. The van der Waals surface area contributed by atoms with Gasteiger partial charge in [0.15, 0.2) is 0 Å². The van der Waals surface area contributed by atoms with Crippen LogP contribution in [-0.4, -0.2) is 48.8 Å². The van der Waals surface area contributed by atoms with E-state index in [0.717, 1.165) is 25.2 Å². The molecule has 2 fully saturated rings. The maximum Gasteiger partial charge on any atom is 0.243 e. The Morgan fingerprint density at radius 3 is 2.29 bits per heavy atom. The molecule has 0 amide bonds. The molecule has 1 aliphatic heterocycles. The van der Waals surface area contributed by atoms with Crippen LogP contribution in [0.1, 0.15) is 49.1 Å². The summed E-state index contributed by atoms with van der Waals surface area (Å²) in [5.74, 6) is 0.599. The summed E-state index contributed by atoms with van der Waals surface area (Å²) in [6, 6.07) is 11.7. The van der Waals surface area contributed by atoms with Crippen LogP contribution in [0.2, 0.25) is 0 Å². The van der Waals surface area contributed by atoms with E-state index in [0.29, 0.717) is 23.9 Å². The lowest BCUT2D eigenvalue weighted by molar-refractivity contribution is 0.181. The van der Waals surface area contributed by atoms with Gasteiger partial charge in [-0.1, -0.05) is 37.5 Å². The molecule has 150 valence electrons. The molecule has 0 spiro atoms. The Morgan fingerprint density at radius 2 is 1.64 bits per heavy atom. The van der Waals surface area contributed by atoms with Crippen molar-refractivity contribution in [3.63, 3.8) is 0 Å². The minimum Gasteiger partial charge on any atom is -0.296 e. The SMILES string of the molecule is O=S(=O)(c1ccc(C2CCCCC2)cc1)N1CCN(Cc2cccnc2)CC1. The predicted molar refractivity (Wildman–Crippen MR) is 111 cm³/mol. The first-order chi connectivity index (χ1) is 13.6. The van der Waals surface area contributed by atoms with Gasteiger partial charge in [0.1, 0.15) is 0 Å². The summed E-state index contributed by atoms with van der Waals surface area (Å²) in [6.45, 7) is 3.38. The number of hydrogen-bond donors (Lipinski definition) is 0. The van der Waals surface area contributed by atoms with Crippen molar-refractivity contribution in [2.24, 2.45) is 0 Å². The fraction of sp³-hybridized carbons (Fsp3) is 0.500. The van der Waals surface area contributed by atoms with Crippen molar-refractivity contribution in [3.05, 3.63) is 59.9 Å². The fourth-order valence-electron chi connectivity index (χ4n) is 4.37. The Morgan fingerprint density at radius 1 is 0.929 bits per heavy atom. The molecule has 0 N–H and O–H groups in total. The van der Waals surface area contributed by atoms with E-state index in [-0.39, 0.29) is 0 Å². The zero-order valence-corrected chi connectivity index (χ0v) is 17.2. The lowest BCUT2D eigenvalue weighted by Gasteiger charge is -2.34. The molecule has 0 bridgehead atoms. The lowest BCUT2D eigenvalue weighted by Crippen LogP contribution is -2.48.